The Morgan fingerprint density at radius 2 is 2.00 bits per heavy atom. The lowest BCUT2D eigenvalue weighted by Crippen LogP contribution is -2.60. The number of nitrogens with zero attached hydrogens (tertiary/aromatic N) is 1. The van der Waals surface area contributed by atoms with E-state index in [1.807, 2.05) is 11.8 Å². The molecule has 3 atom stereocenters. The van der Waals surface area contributed by atoms with Gasteiger partial charge in [-0.25, -0.2) is 0 Å². The molecule has 1 saturated heterocycles. The Kier molecular flexibility index (Phi) is 3.89. The fourth-order valence-electron chi connectivity index (χ4n) is 1.93. The third kappa shape index (κ3) is 2.25. The first-order chi connectivity index (χ1) is 6.57. The van der Waals surface area contributed by atoms with Gasteiger partial charge in [-0.05, 0) is 20.3 Å². The number of nitrogens with two attached hydrogens (primary N) is 1. The maximum absolute atomic E-state index is 11.9. The van der Waals surface area contributed by atoms with Crippen LogP contribution in [-0.4, -0.2) is 42.0 Å². The molecule has 3 N–H and O–H groups in total. The molecule has 1 aliphatic heterocycles. The summed E-state index contributed by atoms with van der Waals surface area (Å²) in [6.45, 7) is 7.80. The van der Waals surface area contributed by atoms with Gasteiger partial charge in [0.05, 0.1) is 6.04 Å². The molecule has 0 bridgehead atoms. The Hall–Kier alpha value is -0.610. The van der Waals surface area contributed by atoms with Crippen LogP contribution in [0, 0.1) is 0 Å². The van der Waals surface area contributed by atoms with Gasteiger partial charge in [0.1, 0.15) is 0 Å². The summed E-state index contributed by atoms with van der Waals surface area (Å²) >= 11 is 0. The van der Waals surface area contributed by atoms with Gasteiger partial charge < -0.3 is 16.0 Å². The Balaban J connectivity index is 2.67. The maximum atomic E-state index is 11.9. The highest BCUT2D eigenvalue weighted by Crippen LogP contribution is 2.11. The molecule has 0 aromatic heterocycles. The average Bonchev–Trinajstić information content (AvgIpc) is 2.16. The van der Waals surface area contributed by atoms with E-state index in [4.69, 9.17) is 5.73 Å². The zero-order chi connectivity index (χ0) is 10.7. The van der Waals surface area contributed by atoms with Crippen LogP contribution in [0.1, 0.15) is 27.2 Å². The molecule has 1 fully saturated rings. The van der Waals surface area contributed by atoms with Gasteiger partial charge in [-0.3, -0.25) is 4.79 Å². The third-order valence-corrected chi connectivity index (χ3v) is 2.84. The van der Waals surface area contributed by atoms with E-state index >= 15 is 0 Å². The highest BCUT2D eigenvalue weighted by atomic mass is 16.2. The summed E-state index contributed by atoms with van der Waals surface area (Å²) in [5.74, 6) is 0.0917. The van der Waals surface area contributed by atoms with Crippen LogP contribution in [0.15, 0.2) is 0 Å². The zero-order valence-electron chi connectivity index (χ0n) is 9.29. The highest BCUT2D eigenvalue weighted by molar-refractivity contribution is 5.82. The second-order valence-corrected chi connectivity index (χ2v) is 4.12. The van der Waals surface area contributed by atoms with Gasteiger partial charge in [-0.1, -0.05) is 6.92 Å². The van der Waals surface area contributed by atoms with Crippen LogP contribution in [0.4, 0.5) is 0 Å². The first-order valence-corrected chi connectivity index (χ1v) is 5.36. The smallest absolute Gasteiger partial charge is 0.240 e. The summed E-state index contributed by atoms with van der Waals surface area (Å²) in [6, 6.07) is 0.172. The topological polar surface area (TPSA) is 58.4 Å². The number of nitrogens with one attached hydrogen (secondary N) is 1. The molecular formula is C10H21N3O. The molecule has 1 rings (SSSR count). The Bertz CT molecular complexity index is 198. The van der Waals surface area contributed by atoms with Gasteiger partial charge in [-0.2, -0.15) is 0 Å². The lowest BCUT2D eigenvalue weighted by atomic mass is 10.1. The lowest BCUT2D eigenvalue weighted by Gasteiger charge is -2.40. The third-order valence-electron chi connectivity index (χ3n) is 2.84. The Labute approximate surface area is 85.8 Å². The molecule has 4 heteroatoms. The molecule has 0 aromatic rings. The first kappa shape index (κ1) is 11.5. The van der Waals surface area contributed by atoms with E-state index in [1.165, 1.54) is 0 Å². The summed E-state index contributed by atoms with van der Waals surface area (Å²) < 4.78 is 0. The van der Waals surface area contributed by atoms with Gasteiger partial charge in [-0.15, -0.1) is 0 Å². The molecule has 0 aliphatic carbocycles. The van der Waals surface area contributed by atoms with Gasteiger partial charge in [0.25, 0.3) is 0 Å². The maximum Gasteiger partial charge on any atom is 0.240 e. The number of piperazine rings is 1. The van der Waals surface area contributed by atoms with Crippen LogP contribution in [0.3, 0.4) is 0 Å². The van der Waals surface area contributed by atoms with Crippen molar-refractivity contribution >= 4 is 5.91 Å². The highest BCUT2D eigenvalue weighted by Gasteiger charge is 2.30. The largest absolute Gasteiger partial charge is 0.333 e. The normalized spacial score (nSPS) is 30.1. The second kappa shape index (κ2) is 4.75. The molecule has 14 heavy (non-hydrogen) atoms. The van der Waals surface area contributed by atoms with Crippen LogP contribution in [0.25, 0.3) is 0 Å². The van der Waals surface area contributed by atoms with E-state index in [0.29, 0.717) is 6.42 Å². The fraction of sp³-hybridized carbons (Fsp3) is 0.900. The van der Waals surface area contributed by atoms with Crippen molar-refractivity contribution in [3.63, 3.8) is 0 Å². The van der Waals surface area contributed by atoms with Gasteiger partial charge >= 0.3 is 0 Å². The standard InChI is InChI=1S/C10H21N3O/c1-4-9(11)10(14)13-7(2)5-12-6-8(13)3/h7-9,12H,4-6,11H2,1-3H3/t7?,8?,9-/m0/s1. The zero-order valence-corrected chi connectivity index (χ0v) is 9.29. The summed E-state index contributed by atoms with van der Waals surface area (Å²) in [4.78, 5) is 13.8. The molecule has 0 radical (unpaired) electrons. The molecule has 0 saturated carbocycles. The Morgan fingerprint density at radius 3 is 2.43 bits per heavy atom. The SMILES string of the molecule is CC[C@H](N)C(=O)N1C(C)CNCC1C. The minimum absolute atomic E-state index is 0.0917. The van der Waals surface area contributed by atoms with E-state index in [1.54, 1.807) is 0 Å². The number of hydrogen-bond donors (Lipinski definition) is 2. The van der Waals surface area contributed by atoms with Gasteiger partial charge in [0, 0.05) is 25.2 Å². The van der Waals surface area contributed by atoms with Crippen molar-refractivity contribution in [2.45, 2.75) is 45.3 Å². The number of rotatable bonds is 2. The predicted molar refractivity (Wildman–Crippen MR) is 56.9 cm³/mol. The molecule has 82 valence electrons. The van der Waals surface area contributed by atoms with Crippen molar-refractivity contribution in [1.29, 1.82) is 0 Å². The van der Waals surface area contributed by atoms with E-state index in [-0.39, 0.29) is 24.0 Å². The first-order valence-electron chi connectivity index (χ1n) is 5.36. The minimum atomic E-state index is -0.335. The fourth-order valence-corrected chi connectivity index (χ4v) is 1.93. The molecule has 1 amide bonds. The number of carbonyl (C=O) groups is 1. The summed E-state index contributed by atoms with van der Waals surface area (Å²) in [5, 5.41) is 3.29. The van der Waals surface area contributed by atoms with Crippen molar-refractivity contribution in [2.75, 3.05) is 13.1 Å². The van der Waals surface area contributed by atoms with Crippen LogP contribution >= 0.6 is 0 Å². The van der Waals surface area contributed by atoms with E-state index in [9.17, 15) is 4.79 Å². The van der Waals surface area contributed by atoms with E-state index in [0.717, 1.165) is 13.1 Å². The van der Waals surface area contributed by atoms with Crippen molar-refractivity contribution in [2.24, 2.45) is 5.73 Å². The quantitative estimate of drug-likeness (QED) is 0.654. The summed E-state index contributed by atoms with van der Waals surface area (Å²) in [5.41, 5.74) is 5.76. The predicted octanol–water partition coefficient (Wildman–Crippen LogP) is -0.0675. The van der Waals surface area contributed by atoms with Crippen LogP contribution in [-0.2, 0) is 4.79 Å². The number of amides is 1. The summed E-state index contributed by atoms with van der Waals surface area (Å²) in [7, 11) is 0. The van der Waals surface area contributed by atoms with Crippen molar-refractivity contribution in [3.05, 3.63) is 0 Å². The van der Waals surface area contributed by atoms with Gasteiger partial charge in [0.2, 0.25) is 5.91 Å². The average molecular weight is 199 g/mol. The van der Waals surface area contributed by atoms with Crippen LogP contribution in [0.2, 0.25) is 0 Å². The minimum Gasteiger partial charge on any atom is -0.333 e. The van der Waals surface area contributed by atoms with Crippen molar-refractivity contribution in [3.8, 4) is 0 Å². The van der Waals surface area contributed by atoms with Crippen molar-refractivity contribution in [1.82, 2.24) is 10.2 Å². The Morgan fingerprint density at radius 1 is 1.50 bits per heavy atom. The second-order valence-electron chi connectivity index (χ2n) is 4.12. The molecule has 0 spiro atoms. The molecule has 4 nitrogen and oxygen atoms in total. The van der Waals surface area contributed by atoms with Crippen molar-refractivity contribution < 1.29 is 4.79 Å². The molecular weight excluding hydrogens is 178 g/mol. The van der Waals surface area contributed by atoms with E-state index in [2.05, 4.69) is 19.2 Å². The molecule has 0 aromatic carbocycles. The number of carbonyl (C=O) groups excluding carboxylic acids is 1. The molecule has 2 unspecified atom stereocenters. The van der Waals surface area contributed by atoms with Crippen LogP contribution < -0.4 is 11.1 Å². The van der Waals surface area contributed by atoms with Gasteiger partial charge in [0.15, 0.2) is 0 Å². The summed E-state index contributed by atoms with van der Waals surface area (Å²) in [6.07, 6.45) is 0.711. The monoisotopic (exact) mass is 199 g/mol. The number of hydrogen-bond acceptors (Lipinski definition) is 3. The van der Waals surface area contributed by atoms with Crippen LogP contribution in [0.5, 0.6) is 0 Å². The molecule has 1 heterocycles. The van der Waals surface area contributed by atoms with E-state index < -0.39 is 0 Å². The lowest BCUT2D eigenvalue weighted by molar-refractivity contribution is -0.138. The molecule has 1 aliphatic rings.